The van der Waals surface area contributed by atoms with Crippen molar-refractivity contribution in [3.8, 4) is 0 Å². The van der Waals surface area contributed by atoms with Crippen LogP contribution in [0.4, 0.5) is 13.9 Å². The van der Waals surface area contributed by atoms with Crippen molar-refractivity contribution >= 4 is 42.4 Å². The van der Waals surface area contributed by atoms with E-state index in [9.17, 15) is 22.0 Å². The van der Waals surface area contributed by atoms with Crippen molar-refractivity contribution in [3.05, 3.63) is 54.1 Å². The fourth-order valence-corrected chi connectivity index (χ4v) is 5.99. The van der Waals surface area contributed by atoms with Gasteiger partial charge in [-0.25, -0.2) is 22.2 Å². The van der Waals surface area contributed by atoms with Crippen molar-refractivity contribution in [2.45, 2.75) is 17.7 Å². The number of amides is 1. The quantitative estimate of drug-likeness (QED) is 0.411. The van der Waals surface area contributed by atoms with Gasteiger partial charge >= 0.3 is 0 Å². The molecule has 11 heteroatoms. The first-order valence-corrected chi connectivity index (χ1v) is 13.4. The number of anilines is 1. The summed E-state index contributed by atoms with van der Waals surface area (Å²) in [6.45, 7) is 4.04. The van der Waals surface area contributed by atoms with Crippen LogP contribution >= 0.6 is 11.3 Å². The van der Waals surface area contributed by atoms with E-state index in [4.69, 9.17) is 4.74 Å². The fraction of sp³-hybridized carbons (Fsp3) is 0.391. The Kier molecular flexibility index (Phi) is 7.87. The number of benzene rings is 2. The second-order valence-corrected chi connectivity index (χ2v) is 11.1. The number of para-hydroxylation sites is 1. The maximum Gasteiger partial charge on any atom is 0.229 e. The van der Waals surface area contributed by atoms with Gasteiger partial charge in [-0.2, -0.15) is 0 Å². The summed E-state index contributed by atoms with van der Waals surface area (Å²) in [4.78, 5) is 21.1. The summed E-state index contributed by atoms with van der Waals surface area (Å²) in [6, 6.07) is 9.14. The normalized spacial score (nSPS) is 15.0. The average molecular weight is 510 g/mol. The zero-order valence-electron chi connectivity index (χ0n) is 18.5. The van der Waals surface area contributed by atoms with Gasteiger partial charge in [0, 0.05) is 32.6 Å². The number of halogens is 2. The monoisotopic (exact) mass is 509 g/mol. The minimum absolute atomic E-state index is 0.0392. The Morgan fingerprint density at radius 2 is 1.85 bits per heavy atom. The van der Waals surface area contributed by atoms with Crippen LogP contribution in [0.5, 0.6) is 0 Å². The summed E-state index contributed by atoms with van der Waals surface area (Å²) < 4.78 is 58.6. The van der Waals surface area contributed by atoms with Crippen molar-refractivity contribution in [1.29, 1.82) is 0 Å². The number of aromatic nitrogens is 1. The van der Waals surface area contributed by atoms with E-state index in [-0.39, 0.29) is 16.8 Å². The van der Waals surface area contributed by atoms with Crippen molar-refractivity contribution in [3.63, 3.8) is 0 Å². The SMILES string of the molecule is O=C(CCS(=O)(=O)c1ccc(F)cc1)N(CCCN1CCOCC1)c1nc2c(F)cccc2s1. The van der Waals surface area contributed by atoms with Crippen LogP contribution in [0, 0.1) is 11.6 Å². The number of nitrogens with zero attached hydrogens (tertiary/aromatic N) is 3. The Bertz CT molecular complexity index is 1240. The first kappa shape index (κ1) is 24.6. The molecular weight excluding hydrogens is 484 g/mol. The molecule has 7 nitrogen and oxygen atoms in total. The van der Waals surface area contributed by atoms with Gasteiger partial charge in [-0.15, -0.1) is 0 Å². The minimum atomic E-state index is -3.77. The van der Waals surface area contributed by atoms with E-state index in [1.54, 1.807) is 12.1 Å². The molecule has 182 valence electrons. The van der Waals surface area contributed by atoms with Crippen molar-refractivity contribution in [2.75, 3.05) is 50.0 Å². The number of carbonyl (C=O) groups is 1. The van der Waals surface area contributed by atoms with Crippen LogP contribution in [0.1, 0.15) is 12.8 Å². The van der Waals surface area contributed by atoms with Gasteiger partial charge in [0.2, 0.25) is 5.91 Å². The molecule has 1 aliphatic rings. The first-order chi connectivity index (χ1) is 16.3. The van der Waals surface area contributed by atoms with Gasteiger partial charge in [0.25, 0.3) is 0 Å². The van der Waals surface area contributed by atoms with Crippen LogP contribution in [-0.2, 0) is 19.4 Å². The molecule has 4 rings (SSSR count). The molecule has 0 saturated carbocycles. The highest BCUT2D eigenvalue weighted by atomic mass is 32.2. The lowest BCUT2D eigenvalue weighted by Gasteiger charge is -2.27. The number of fused-ring (bicyclic) bond motifs is 1. The lowest BCUT2D eigenvalue weighted by atomic mass is 10.3. The first-order valence-electron chi connectivity index (χ1n) is 11.0. The molecule has 0 radical (unpaired) electrons. The Labute approximate surface area is 200 Å². The summed E-state index contributed by atoms with van der Waals surface area (Å²) in [6.07, 6.45) is 0.379. The van der Waals surface area contributed by atoms with Gasteiger partial charge in [0.05, 0.1) is 28.6 Å². The molecule has 0 bridgehead atoms. The van der Waals surface area contributed by atoms with Gasteiger partial charge in [0.1, 0.15) is 17.2 Å². The number of ether oxygens (including phenoxy) is 1. The smallest absolute Gasteiger partial charge is 0.229 e. The molecule has 1 saturated heterocycles. The van der Waals surface area contributed by atoms with E-state index in [0.29, 0.717) is 36.0 Å². The third-order valence-corrected chi connectivity index (χ3v) is 8.38. The molecule has 1 amide bonds. The zero-order chi connectivity index (χ0) is 24.1. The second-order valence-electron chi connectivity index (χ2n) is 7.96. The summed E-state index contributed by atoms with van der Waals surface area (Å²) in [5, 5.41) is 0.339. The van der Waals surface area contributed by atoms with Gasteiger partial charge in [-0.3, -0.25) is 14.6 Å². The van der Waals surface area contributed by atoms with E-state index < -0.39 is 33.1 Å². The van der Waals surface area contributed by atoms with E-state index in [2.05, 4.69) is 9.88 Å². The third kappa shape index (κ3) is 5.96. The van der Waals surface area contributed by atoms with Crippen LogP contribution in [0.3, 0.4) is 0 Å². The van der Waals surface area contributed by atoms with Gasteiger partial charge in [0.15, 0.2) is 15.0 Å². The average Bonchev–Trinajstić information content (AvgIpc) is 3.27. The molecule has 0 unspecified atom stereocenters. The third-order valence-electron chi connectivity index (χ3n) is 5.61. The number of carbonyl (C=O) groups excluding carboxylic acids is 1. The Balaban J connectivity index is 1.49. The highest BCUT2D eigenvalue weighted by Crippen LogP contribution is 2.31. The summed E-state index contributed by atoms with van der Waals surface area (Å²) in [5.74, 6) is -1.84. The van der Waals surface area contributed by atoms with Crippen molar-refractivity contribution in [2.24, 2.45) is 0 Å². The number of morpholine rings is 1. The molecule has 0 aliphatic carbocycles. The molecule has 1 aromatic heterocycles. The lowest BCUT2D eigenvalue weighted by Crippen LogP contribution is -2.39. The lowest BCUT2D eigenvalue weighted by molar-refractivity contribution is -0.118. The molecule has 0 spiro atoms. The van der Waals surface area contributed by atoms with Crippen LogP contribution < -0.4 is 4.90 Å². The van der Waals surface area contributed by atoms with Crippen molar-refractivity contribution < 1.29 is 26.7 Å². The Morgan fingerprint density at radius 1 is 1.12 bits per heavy atom. The molecule has 2 heterocycles. The molecule has 1 aliphatic heterocycles. The second kappa shape index (κ2) is 10.9. The summed E-state index contributed by atoms with van der Waals surface area (Å²) in [5.41, 5.74) is 0.187. The predicted molar refractivity (Wildman–Crippen MR) is 127 cm³/mol. The molecule has 1 fully saturated rings. The highest BCUT2D eigenvalue weighted by Gasteiger charge is 2.24. The van der Waals surface area contributed by atoms with E-state index >= 15 is 0 Å². The summed E-state index contributed by atoms with van der Waals surface area (Å²) in [7, 11) is -3.77. The van der Waals surface area contributed by atoms with Gasteiger partial charge in [-0.1, -0.05) is 17.4 Å². The largest absolute Gasteiger partial charge is 0.379 e. The Morgan fingerprint density at radius 3 is 2.56 bits per heavy atom. The maximum absolute atomic E-state index is 14.2. The highest BCUT2D eigenvalue weighted by molar-refractivity contribution is 7.91. The van der Waals surface area contributed by atoms with Crippen molar-refractivity contribution in [1.82, 2.24) is 9.88 Å². The Hall–Kier alpha value is -2.47. The van der Waals surface area contributed by atoms with E-state index in [1.807, 2.05) is 0 Å². The van der Waals surface area contributed by atoms with E-state index in [0.717, 1.165) is 31.8 Å². The zero-order valence-corrected chi connectivity index (χ0v) is 20.1. The maximum atomic E-state index is 14.2. The number of hydrogen-bond acceptors (Lipinski definition) is 7. The standard InChI is InChI=1S/C23H25F2N3O4S2/c24-17-5-7-18(8-6-17)34(30,31)16-9-21(29)28(11-2-10-27-12-14-32-15-13-27)23-26-22-19(25)3-1-4-20(22)33-23/h1,3-8H,2,9-16H2. The topological polar surface area (TPSA) is 79.8 Å². The van der Waals surface area contributed by atoms with Crippen LogP contribution in [-0.4, -0.2) is 69.4 Å². The predicted octanol–water partition coefficient (Wildman–Crippen LogP) is 3.49. The molecule has 2 aromatic carbocycles. The number of thiazole rings is 1. The number of rotatable bonds is 9. The number of hydrogen-bond donors (Lipinski definition) is 0. The van der Waals surface area contributed by atoms with Gasteiger partial charge in [-0.05, 0) is 42.8 Å². The summed E-state index contributed by atoms with van der Waals surface area (Å²) >= 11 is 1.19. The molecule has 34 heavy (non-hydrogen) atoms. The van der Waals surface area contributed by atoms with Crippen LogP contribution in [0.25, 0.3) is 10.2 Å². The minimum Gasteiger partial charge on any atom is -0.379 e. The van der Waals surface area contributed by atoms with Gasteiger partial charge < -0.3 is 4.74 Å². The fourth-order valence-electron chi connectivity index (χ4n) is 3.74. The number of sulfone groups is 1. The molecule has 3 aromatic rings. The van der Waals surface area contributed by atoms with Crippen LogP contribution in [0.2, 0.25) is 0 Å². The van der Waals surface area contributed by atoms with E-state index in [1.165, 1.54) is 34.4 Å². The molecule has 0 atom stereocenters. The molecule has 0 N–H and O–H groups in total. The van der Waals surface area contributed by atoms with Crippen LogP contribution in [0.15, 0.2) is 47.4 Å². The molecular formula is C23H25F2N3O4S2.